The summed E-state index contributed by atoms with van der Waals surface area (Å²) >= 11 is 0. The Morgan fingerprint density at radius 1 is 0.911 bits per heavy atom. The Labute approximate surface area is 323 Å². The van der Waals surface area contributed by atoms with Gasteiger partial charge in [0.1, 0.15) is 23.9 Å². The molecular weight excluding hydrogens is 730 g/mol. The maximum Gasteiger partial charge on any atom is 0.338 e. The molecule has 15 heteroatoms. The molecular formula is C41H47NO14. The second-order valence-electron chi connectivity index (χ2n) is 15.8. The van der Waals surface area contributed by atoms with Crippen LogP contribution in [0.4, 0.5) is 0 Å². The molecule has 15 nitrogen and oxygen atoms in total. The third kappa shape index (κ3) is 6.59. The van der Waals surface area contributed by atoms with E-state index in [1.54, 1.807) is 62.4 Å². The van der Waals surface area contributed by atoms with Gasteiger partial charge in [-0.05, 0) is 49.3 Å². The van der Waals surface area contributed by atoms with E-state index in [1.165, 1.54) is 26.0 Å². The van der Waals surface area contributed by atoms with E-state index in [9.17, 15) is 39.3 Å². The maximum atomic E-state index is 15.3. The third-order valence-electron chi connectivity index (χ3n) is 12.2. The van der Waals surface area contributed by atoms with E-state index in [0.717, 1.165) is 13.8 Å². The van der Waals surface area contributed by atoms with Crippen molar-refractivity contribution >= 4 is 35.6 Å². The van der Waals surface area contributed by atoms with E-state index in [2.05, 4.69) is 5.32 Å². The molecule has 1 heterocycles. The van der Waals surface area contributed by atoms with Crippen LogP contribution in [-0.4, -0.2) is 112 Å². The zero-order valence-corrected chi connectivity index (χ0v) is 32.0. The molecule has 3 aliphatic carbocycles. The van der Waals surface area contributed by atoms with Crippen molar-refractivity contribution in [3.63, 3.8) is 0 Å². The van der Waals surface area contributed by atoms with E-state index >= 15 is 4.79 Å². The first-order valence-corrected chi connectivity index (χ1v) is 18.4. The van der Waals surface area contributed by atoms with Crippen LogP contribution in [0.15, 0.2) is 71.8 Å². The van der Waals surface area contributed by atoms with Crippen molar-refractivity contribution in [2.45, 2.75) is 102 Å². The number of Topliss-reactive ketones (excluding diaryl/α,β-unsaturated/α-hetero) is 1. The van der Waals surface area contributed by atoms with Crippen LogP contribution in [-0.2, 0) is 42.9 Å². The minimum Gasteiger partial charge on any atom is -0.456 e. The lowest BCUT2D eigenvalue weighted by molar-refractivity contribution is -0.346. The molecule has 4 aliphatic rings. The van der Waals surface area contributed by atoms with Gasteiger partial charge in [-0.2, -0.15) is 0 Å². The lowest BCUT2D eigenvalue weighted by Gasteiger charge is -2.67. The van der Waals surface area contributed by atoms with E-state index in [-0.39, 0.29) is 35.3 Å². The fraction of sp³-hybridized carbons (Fsp3) is 0.512. The summed E-state index contributed by atoms with van der Waals surface area (Å²) in [6.45, 7) is 7.42. The van der Waals surface area contributed by atoms with Gasteiger partial charge in [0, 0.05) is 37.7 Å². The Bertz CT molecular complexity index is 1950. The summed E-state index contributed by atoms with van der Waals surface area (Å²) in [6.07, 6.45) is -10.2. The molecule has 3 fully saturated rings. The zero-order valence-electron chi connectivity index (χ0n) is 32.0. The Kier molecular flexibility index (Phi) is 10.8. The SMILES string of the molecule is CC(=O)O[C@H]1C(=O)[C@@]2(C)[C@H]([C@H](OC(=O)c3ccccc3)[C@]3(O)C[C@H](OC(=O)[C@@H](O)CNC(=O)c4ccccc4)C(C)=C1C3(C)C)[C@]1(OC(C)=O)CO[C@@H]1C[C@@H]2O. The summed E-state index contributed by atoms with van der Waals surface area (Å²) in [5, 5.41) is 38.7. The highest BCUT2D eigenvalue weighted by Crippen LogP contribution is 2.64. The van der Waals surface area contributed by atoms with Gasteiger partial charge in [0.25, 0.3) is 5.91 Å². The standard InChI is InChI=1S/C41H47NO14/c1-21-27(54-37(50)26(45)19-42-35(48)24-13-9-7-10-14-24)18-41(51)34(55-36(49)25-15-11-8-12-16-25)32-39(6,28(46)17-29-40(32,20-52-29)56-23(3)44)33(47)31(53-22(2)43)30(21)38(41,4)5/h7-16,26-29,31-32,34,45-46,51H,17-20H2,1-6H3,(H,42,48)/t26-,27-,28-,29+,31+,32-,34-,39+,40-,41+/m0/s1. The van der Waals surface area contributed by atoms with E-state index < -0.39 is 113 Å². The number of hydrogen-bond donors (Lipinski definition) is 4. The van der Waals surface area contributed by atoms with Gasteiger partial charge < -0.3 is 44.3 Å². The molecule has 4 N–H and O–H groups in total. The van der Waals surface area contributed by atoms with Gasteiger partial charge in [-0.25, -0.2) is 9.59 Å². The summed E-state index contributed by atoms with van der Waals surface area (Å²) in [5.74, 6) is -6.71. The van der Waals surface area contributed by atoms with Crippen LogP contribution < -0.4 is 5.32 Å². The average Bonchev–Trinajstić information content (AvgIpc) is 3.15. The highest BCUT2D eigenvalue weighted by Gasteiger charge is 2.78. The number of ketones is 1. The van der Waals surface area contributed by atoms with Gasteiger partial charge in [-0.3, -0.25) is 19.2 Å². The molecule has 56 heavy (non-hydrogen) atoms. The number of aliphatic hydroxyl groups is 3. The number of hydrogen-bond acceptors (Lipinski definition) is 14. The van der Waals surface area contributed by atoms with E-state index in [1.807, 2.05) is 0 Å². The number of rotatable bonds is 9. The highest BCUT2D eigenvalue weighted by molar-refractivity contribution is 5.96. The van der Waals surface area contributed by atoms with Crippen LogP contribution in [0.3, 0.4) is 0 Å². The van der Waals surface area contributed by atoms with E-state index in [4.69, 9.17) is 23.7 Å². The molecule has 0 aromatic heterocycles. The van der Waals surface area contributed by atoms with Crippen molar-refractivity contribution in [1.29, 1.82) is 0 Å². The van der Waals surface area contributed by atoms with Crippen LogP contribution >= 0.6 is 0 Å². The lowest BCUT2D eigenvalue weighted by atomic mass is 9.44. The molecule has 1 amide bonds. The molecule has 2 saturated carbocycles. The second kappa shape index (κ2) is 14.8. The predicted molar refractivity (Wildman–Crippen MR) is 193 cm³/mol. The maximum absolute atomic E-state index is 15.3. The summed E-state index contributed by atoms with van der Waals surface area (Å²) in [5.41, 5.74) is -7.19. The molecule has 1 aliphatic heterocycles. The first-order valence-electron chi connectivity index (χ1n) is 18.4. The molecule has 0 spiro atoms. The van der Waals surface area contributed by atoms with Crippen LogP contribution in [0.1, 0.15) is 75.1 Å². The molecule has 2 aromatic rings. The molecule has 2 aromatic carbocycles. The fourth-order valence-electron chi connectivity index (χ4n) is 9.20. The molecule has 0 radical (unpaired) electrons. The monoisotopic (exact) mass is 777 g/mol. The quantitative estimate of drug-likeness (QED) is 0.163. The van der Waals surface area contributed by atoms with Gasteiger partial charge in [-0.1, -0.05) is 50.2 Å². The normalized spacial score (nSPS) is 33.5. The molecule has 0 unspecified atom stereocenters. The molecule has 1 saturated heterocycles. The van der Waals surface area contributed by atoms with Crippen molar-refractivity contribution in [2.75, 3.05) is 13.2 Å². The van der Waals surface area contributed by atoms with Gasteiger partial charge >= 0.3 is 23.9 Å². The second-order valence-corrected chi connectivity index (χ2v) is 15.8. The first-order chi connectivity index (χ1) is 26.3. The van der Waals surface area contributed by atoms with Gasteiger partial charge in [0.2, 0.25) is 0 Å². The fourth-order valence-corrected chi connectivity index (χ4v) is 9.20. The van der Waals surface area contributed by atoms with Crippen LogP contribution in [0.2, 0.25) is 0 Å². The Hall–Kier alpha value is -4.96. The van der Waals surface area contributed by atoms with Gasteiger partial charge in [-0.15, -0.1) is 0 Å². The van der Waals surface area contributed by atoms with Crippen molar-refractivity contribution in [1.82, 2.24) is 5.32 Å². The Balaban J connectivity index is 1.50. The summed E-state index contributed by atoms with van der Waals surface area (Å²) in [7, 11) is 0. The summed E-state index contributed by atoms with van der Waals surface area (Å²) in [6, 6.07) is 15.9. The van der Waals surface area contributed by atoms with Gasteiger partial charge in [0.05, 0.1) is 36.2 Å². The number of esters is 4. The number of aliphatic hydroxyl groups excluding tert-OH is 2. The topological polar surface area (TPSA) is 221 Å². The van der Waals surface area contributed by atoms with Crippen molar-refractivity contribution in [3.05, 3.63) is 82.9 Å². The minimum atomic E-state index is -2.35. The largest absolute Gasteiger partial charge is 0.456 e. The third-order valence-corrected chi connectivity index (χ3v) is 12.2. The molecule has 2 bridgehead atoms. The number of benzene rings is 2. The first kappa shape index (κ1) is 40.7. The number of ether oxygens (including phenoxy) is 5. The zero-order chi connectivity index (χ0) is 41.0. The smallest absolute Gasteiger partial charge is 0.338 e. The van der Waals surface area contributed by atoms with Crippen molar-refractivity contribution < 1.29 is 67.8 Å². The number of carbonyl (C=O) groups excluding carboxylic acids is 6. The van der Waals surface area contributed by atoms with Crippen molar-refractivity contribution in [2.24, 2.45) is 16.7 Å². The Morgan fingerprint density at radius 3 is 2.07 bits per heavy atom. The summed E-state index contributed by atoms with van der Waals surface area (Å²) < 4.78 is 29.8. The highest BCUT2D eigenvalue weighted by atomic mass is 16.6. The van der Waals surface area contributed by atoms with Crippen LogP contribution in [0.25, 0.3) is 0 Å². The van der Waals surface area contributed by atoms with E-state index in [0.29, 0.717) is 0 Å². The van der Waals surface area contributed by atoms with Crippen LogP contribution in [0, 0.1) is 16.7 Å². The van der Waals surface area contributed by atoms with Crippen molar-refractivity contribution in [3.8, 4) is 0 Å². The summed E-state index contributed by atoms with van der Waals surface area (Å²) in [4.78, 5) is 81.2. The van der Waals surface area contributed by atoms with Crippen LogP contribution in [0.5, 0.6) is 0 Å². The van der Waals surface area contributed by atoms with Gasteiger partial charge in [0.15, 0.2) is 23.6 Å². The number of nitrogens with one attached hydrogen (secondary N) is 1. The number of amides is 1. The minimum absolute atomic E-state index is 0.0114. The number of fused-ring (bicyclic) bond motifs is 5. The lowest BCUT2D eigenvalue weighted by Crippen LogP contribution is -2.82. The average molecular weight is 778 g/mol. The number of carbonyl (C=O) groups is 6. The molecule has 300 valence electrons. The molecule has 10 atom stereocenters. The Morgan fingerprint density at radius 2 is 1.52 bits per heavy atom. The molecule has 6 rings (SSSR count). The predicted octanol–water partition coefficient (Wildman–Crippen LogP) is 1.99.